The summed E-state index contributed by atoms with van der Waals surface area (Å²) < 4.78 is 5.15. The van der Waals surface area contributed by atoms with Gasteiger partial charge in [0.25, 0.3) is 0 Å². The van der Waals surface area contributed by atoms with Crippen LogP contribution in [0.5, 0.6) is 5.75 Å². The maximum Gasteiger partial charge on any atom is 0.118 e. The van der Waals surface area contributed by atoms with E-state index in [-0.39, 0.29) is 0 Å². The van der Waals surface area contributed by atoms with Crippen LogP contribution < -0.4 is 10.1 Å². The third kappa shape index (κ3) is 4.10. The molecule has 0 saturated carbocycles. The predicted octanol–water partition coefficient (Wildman–Crippen LogP) is 2.51. The van der Waals surface area contributed by atoms with Crippen molar-refractivity contribution in [3.05, 3.63) is 47.5 Å². The van der Waals surface area contributed by atoms with Crippen LogP contribution in [0.25, 0.3) is 0 Å². The number of hydrogen-bond acceptors (Lipinski definition) is 3. The van der Waals surface area contributed by atoms with Crippen LogP contribution in [0.1, 0.15) is 30.4 Å². The molecule has 0 radical (unpaired) electrons. The highest BCUT2D eigenvalue weighted by molar-refractivity contribution is 5.28. The number of nitrogens with one attached hydrogen (secondary N) is 2. The topological polar surface area (TPSA) is 49.9 Å². The van der Waals surface area contributed by atoms with Crippen molar-refractivity contribution < 1.29 is 4.74 Å². The molecule has 0 aliphatic carbocycles. The Labute approximate surface area is 114 Å². The molecule has 1 heterocycles. The van der Waals surface area contributed by atoms with E-state index in [1.54, 1.807) is 7.11 Å². The number of hydrogen-bond donors (Lipinski definition) is 2. The van der Waals surface area contributed by atoms with Crippen LogP contribution in [0.3, 0.4) is 0 Å². The SMILES string of the molecule is CCCNCc1cnc(Cc2ccc(OC)cc2)[nH]1. The van der Waals surface area contributed by atoms with Gasteiger partial charge in [-0.2, -0.15) is 0 Å². The van der Waals surface area contributed by atoms with Crippen molar-refractivity contribution >= 4 is 0 Å². The Morgan fingerprint density at radius 3 is 2.74 bits per heavy atom. The lowest BCUT2D eigenvalue weighted by Gasteiger charge is -2.02. The largest absolute Gasteiger partial charge is 0.497 e. The van der Waals surface area contributed by atoms with Gasteiger partial charge < -0.3 is 15.0 Å². The molecular weight excluding hydrogens is 238 g/mol. The Morgan fingerprint density at radius 1 is 1.26 bits per heavy atom. The molecular formula is C15H21N3O. The molecule has 0 unspecified atom stereocenters. The summed E-state index contributed by atoms with van der Waals surface area (Å²) in [6.45, 7) is 4.05. The number of methoxy groups -OCH3 is 1. The van der Waals surface area contributed by atoms with E-state index >= 15 is 0 Å². The van der Waals surface area contributed by atoms with E-state index in [1.807, 2.05) is 18.3 Å². The lowest BCUT2D eigenvalue weighted by atomic mass is 10.1. The van der Waals surface area contributed by atoms with Crippen molar-refractivity contribution in [1.82, 2.24) is 15.3 Å². The molecule has 1 aromatic heterocycles. The molecule has 0 amide bonds. The maximum absolute atomic E-state index is 5.15. The summed E-state index contributed by atoms with van der Waals surface area (Å²) in [6, 6.07) is 8.08. The molecule has 0 fully saturated rings. The molecule has 0 aliphatic rings. The van der Waals surface area contributed by atoms with Crippen molar-refractivity contribution in [2.24, 2.45) is 0 Å². The van der Waals surface area contributed by atoms with Gasteiger partial charge in [0, 0.05) is 24.9 Å². The first-order valence-electron chi connectivity index (χ1n) is 6.68. The lowest BCUT2D eigenvalue weighted by Crippen LogP contribution is -2.13. The summed E-state index contributed by atoms with van der Waals surface area (Å²) in [5, 5.41) is 3.36. The molecule has 0 saturated heterocycles. The number of aromatic amines is 1. The Balaban J connectivity index is 1.91. The predicted molar refractivity (Wildman–Crippen MR) is 76.4 cm³/mol. The summed E-state index contributed by atoms with van der Waals surface area (Å²) in [5.41, 5.74) is 2.36. The smallest absolute Gasteiger partial charge is 0.118 e. The minimum absolute atomic E-state index is 0.817. The summed E-state index contributed by atoms with van der Waals surface area (Å²) in [7, 11) is 1.68. The zero-order valence-corrected chi connectivity index (χ0v) is 11.6. The van der Waals surface area contributed by atoms with Gasteiger partial charge in [0.05, 0.1) is 7.11 Å². The number of ether oxygens (including phenoxy) is 1. The van der Waals surface area contributed by atoms with Crippen LogP contribution in [0.4, 0.5) is 0 Å². The van der Waals surface area contributed by atoms with E-state index in [1.165, 1.54) is 5.56 Å². The first-order chi connectivity index (χ1) is 9.31. The molecule has 102 valence electrons. The highest BCUT2D eigenvalue weighted by atomic mass is 16.5. The molecule has 0 spiro atoms. The summed E-state index contributed by atoms with van der Waals surface area (Å²) in [4.78, 5) is 7.75. The number of nitrogens with zero attached hydrogens (tertiary/aromatic N) is 1. The zero-order chi connectivity index (χ0) is 13.5. The fourth-order valence-electron chi connectivity index (χ4n) is 1.92. The van der Waals surface area contributed by atoms with Gasteiger partial charge in [0.2, 0.25) is 0 Å². The summed E-state index contributed by atoms with van der Waals surface area (Å²) >= 11 is 0. The molecule has 2 N–H and O–H groups in total. The normalized spacial score (nSPS) is 10.6. The summed E-state index contributed by atoms with van der Waals surface area (Å²) in [5.74, 6) is 1.88. The third-order valence-corrected chi connectivity index (χ3v) is 2.95. The van der Waals surface area contributed by atoms with E-state index in [2.05, 4.69) is 34.3 Å². The van der Waals surface area contributed by atoms with Crippen molar-refractivity contribution in [3.63, 3.8) is 0 Å². The van der Waals surface area contributed by atoms with Gasteiger partial charge in [-0.3, -0.25) is 0 Å². The van der Waals surface area contributed by atoms with E-state index in [4.69, 9.17) is 4.74 Å². The Kier molecular flexibility index (Phi) is 4.98. The van der Waals surface area contributed by atoms with Gasteiger partial charge in [-0.1, -0.05) is 19.1 Å². The number of aromatic nitrogens is 2. The highest BCUT2D eigenvalue weighted by Crippen LogP contribution is 2.13. The van der Waals surface area contributed by atoms with Crippen molar-refractivity contribution in [1.29, 1.82) is 0 Å². The standard InChI is InChI=1S/C15H21N3O/c1-3-8-16-10-13-11-17-15(18-13)9-12-4-6-14(19-2)7-5-12/h4-7,11,16H,3,8-10H2,1-2H3,(H,17,18). The average molecular weight is 259 g/mol. The molecule has 4 nitrogen and oxygen atoms in total. The molecule has 2 aromatic rings. The van der Waals surface area contributed by atoms with Crippen LogP contribution in [0.15, 0.2) is 30.5 Å². The van der Waals surface area contributed by atoms with E-state index < -0.39 is 0 Å². The molecule has 0 atom stereocenters. The molecule has 0 aliphatic heterocycles. The average Bonchev–Trinajstić information content (AvgIpc) is 2.88. The fourth-order valence-corrected chi connectivity index (χ4v) is 1.92. The zero-order valence-electron chi connectivity index (χ0n) is 11.6. The number of benzene rings is 1. The number of imidazole rings is 1. The maximum atomic E-state index is 5.15. The second kappa shape index (κ2) is 6.95. The van der Waals surface area contributed by atoms with Gasteiger partial charge in [-0.05, 0) is 30.7 Å². The van der Waals surface area contributed by atoms with Crippen LogP contribution >= 0.6 is 0 Å². The number of rotatable bonds is 7. The molecule has 2 rings (SSSR count). The molecule has 4 heteroatoms. The highest BCUT2D eigenvalue weighted by Gasteiger charge is 2.02. The molecule has 1 aromatic carbocycles. The van der Waals surface area contributed by atoms with Crippen LogP contribution in [-0.2, 0) is 13.0 Å². The van der Waals surface area contributed by atoms with Crippen molar-refractivity contribution in [2.75, 3.05) is 13.7 Å². The summed E-state index contributed by atoms with van der Waals surface area (Å²) in [6.07, 6.45) is 3.87. The van der Waals surface area contributed by atoms with E-state index in [0.29, 0.717) is 0 Å². The van der Waals surface area contributed by atoms with E-state index in [0.717, 1.165) is 43.2 Å². The monoisotopic (exact) mass is 259 g/mol. The van der Waals surface area contributed by atoms with Gasteiger partial charge in [0.15, 0.2) is 0 Å². The van der Waals surface area contributed by atoms with Gasteiger partial charge >= 0.3 is 0 Å². The van der Waals surface area contributed by atoms with Crippen LogP contribution in [0, 0.1) is 0 Å². The van der Waals surface area contributed by atoms with Crippen LogP contribution in [-0.4, -0.2) is 23.6 Å². The van der Waals surface area contributed by atoms with Crippen molar-refractivity contribution in [2.45, 2.75) is 26.3 Å². The second-order valence-corrected chi connectivity index (χ2v) is 4.56. The van der Waals surface area contributed by atoms with E-state index in [9.17, 15) is 0 Å². The Bertz CT molecular complexity index is 490. The first kappa shape index (κ1) is 13.6. The number of H-pyrrole nitrogens is 1. The minimum Gasteiger partial charge on any atom is -0.497 e. The van der Waals surface area contributed by atoms with Crippen LogP contribution in [0.2, 0.25) is 0 Å². The van der Waals surface area contributed by atoms with Gasteiger partial charge in [0.1, 0.15) is 11.6 Å². The molecule has 19 heavy (non-hydrogen) atoms. The quantitative estimate of drug-likeness (QED) is 0.751. The third-order valence-electron chi connectivity index (χ3n) is 2.95. The second-order valence-electron chi connectivity index (χ2n) is 4.56. The Morgan fingerprint density at radius 2 is 2.05 bits per heavy atom. The van der Waals surface area contributed by atoms with Crippen molar-refractivity contribution in [3.8, 4) is 5.75 Å². The Hall–Kier alpha value is -1.81. The lowest BCUT2D eigenvalue weighted by molar-refractivity contribution is 0.414. The first-order valence-corrected chi connectivity index (χ1v) is 6.68. The minimum atomic E-state index is 0.817. The van der Waals surface area contributed by atoms with Gasteiger partial charge in [-0.25, -0.2) is 4.98 Å². The molecule has 0 bridgehead atoms. The van der Waals surface area contributed by atoms with Gasteiger partial charge in [-0.15, -0.1) is 0 Å². The fraction of sp³-hybridized carbons (Fsp3) is 0.400.